The highest BCUT2D eigenvalue weighted by atomic mass is 32.2. The van der Waals surface area contributed by atoms with Gasteiger partial charge in [0.05, 0.1) is 10.8 Å². The Balaban J connectivity index is 2.81. The summed E-state index contributed by atoms with van der Waals surface area (Å²) in [5, 5.41) is 12.1. The molecule has 1 heterocycles. The summed E-state index contributed by atoms with van der Waals surface area (Å²) in [5.41, 5.74) is 0. The molecule has 0 aromatic rings. The lowest BCUT2D eigenvalue weighted by molar-refractivity contribution is 0.513. The minimum atomic E-state index is -0.0755. The van der Waals surface area contributed by atoms with Crippen LogP contribution in [0, 0.1) is 11.3 Å². The fraction of sp³-hybridized carbons (Fsp3) is 0.500. The molecule has 1 rings (SSSR count). The number of allylic oxidation sites excluding steroid dienone is 2. The maximum Gasteiger partial charge on any atom is 0.111 e. The molecule has 0 aromatic carbocycles. The molecule has 1 atom stereocenters. The summed E-state index contributed by atoms with van der Waals surface area (Å²) in [7, 11) is 0. The monoisotopic (exact) mass is 194 g/mol. The van der Waals surface area contributed by atoms with E-state index in [0.29, 0.717) is 0 Å². The largest absolute Gasteiger partial charge is 0.292 e. The lowest BCUT2D eigenvalue weighted by atomic mass is 9.92. The van der Waals surface area contributed by atoms with Gasteiger partial charge in [-0.05, 0) is 12.8 Å². The first-order valence-corrected chi connectivity index (χ1v) is 5.26. The Hall–Kier alpha value is -0.720. The highest BCUT2D eigenvalue weighted by Crippen LogP contribution is 2.40. The van der Waals surface area contributed by atoms with Crippen LogP contribution in [0.3, 0.4) is 0 Å². The number of hydrogen-bond donors (Lipinski definition) is 1. The van der Waals surface area contributed by atoms with E-state index in [1.807, 2.05) is 12.2 Å². The predicted molar refractivity (Wildman–Crippen MR) is 57.4 cm³/mol. The molecule has 1 unspecified atom stereocenters. The van der Waals surface area contributed by atoms with Crippen molar-refractivity contribution in [2.75, 3.05) is 5.88 Å². The fourth-order valence-electron chi connectivity index (χ4n) is 1.63. The van der Waals surface area contributed by atoms with Gasteiger partial charge in [0.2, 0.25) is 0 Å². The van der Waals surface area contributed by atoms with Gasteiger partial charge < -0.3 is 0 Å². The van der Waals surface area contributed by atoms with Crippen LogP contribution in [0.15, 0.2) is 25.3 Å². The average Bonchev–Trinajstić information content (AvgIpc) is 2.49. The molecular weight excluding hydrogens is 180 g/mol. The summed E-state index contributed by atoms with van der Waals surface area (Å²) >= 11 is 1.80. The van der Waals surface area contributed by atoms with Crippen LogP contribution < -0.4 is 5.32 Å². The van der Waals surface area contributed by atoms with Crippen molar-refractivity contribution in [2.24, 2.45) is 0 Å². The summed E-state index contributed by atoms with van der Waals surface area (Å²) in [6.45, 7) is 7.47. The van der Waals surface area contributed by atoms with Crippen LogP contribution in [0.25, 0.3) is 0 Å². The van der Waals surface area contributed by atoms with Crippen molar-refractivity contribution in [3.05, 3.63) is 25.3 Å². The Labute approximate surface area is 83.7 Å². The maximum atomic E-state index is 8.96. The van der Waals surface area contributed by atoms with Crippen molar-refractivity contribution in [1.82, 2.24) is 5.32 Å². The second-order valence-electron chi connectivity index (χ2n) is 3.11. The van der Waals surface area contributed by atoms with Gasteiger partial charge in [-0.2, -0.15) is 5.26 Å². The third-order valence-electron chi connectivity index (χ3n) is 2.28. The molecule has 3 heteroatoms. The topological polar surface area (TPSA) is 35.8 Å². The van der Waals surface area contributed by atoms with Gasteiger partial charge >= 0.3 is 0 Å². The second-order valence-corrected chi connectivity index (χ2v) is 4.50. The Bertz CT molecular complexity index is 232. The highest BCUT2D eigenvalue weighted by Gasteiger charge is 2.41. The third-order valence-corrected chi connectivity index (χ3v) is 3.74. The molecule has 2 nitrogen and oxygen atoms in total. The molecule has 0 saturated carbocycles. The number of hydrogen-bond acceptors (Lipinski definition) is 3. The highest BCUT2D eigenvalue weighted by molar-refractivity contribution is 8.00. The quantitative estimate of drug-likeness (QED) is 0.696. The van der Waals surface area contributed by atoms with E-state index in [-0.39, 0.29) is 10.8 Å². The second kappa shape index (κ2) is 4.50. The van der Waals surface area contributed by atoms with Crippen molar-refractivity contribution < 1.29 is 0 Å². The summed E-state index contributed by atoms with van der Waals surface area (Å²) in [6.07, 6.45) is 5.48. The van der Waals surface area contributed by atoms with Crippen LogP contribution in [0.5, 0.6) is 0 Å². The van der Waals surface area contributed by atoms with Crippen molar-refractivity contribution >= 4 is 11.8 Å². The molecule has 0 amide bonds. The van der Waals surface area contributed by atoms with Crippen LogP contribution in [-0.4, -0.2) is 16.7 Å². The standard InChI is InChI=1S/C10H14N2S/c1-3-5-10(6-4-2)9(7-11)12-8-13-10/h3-4,9,12H,1-2,5-6,8H2. The van der Waals surface area contributed by atoms with Crippen LogP contribution in [0.4, 0.5) is 0 Å². The molecule has 70 valence electrons. The van der Waals surface area contributed by atoms with E-state index < -0.39 is 0 Å². The molecule has 0 aliphatic carbocycles. The lowest BCUT2D eigenvalue weighted by Gasteiger charge is -2.27. The Kier molecular flexibility index (Phi) is 3.58. The molecule has 0 bridgehead atoms. The maximum absolute atomic E-state index is 8.96. The van der Waals surface area contributed by atoms with Crippen LogP contribution >= 0.6 is 11.8 Å². The fourth-order valence-corrected chi connectivity index (χ4v) is 2.94. The zero-order chi connectivity index (χ0) is 9.73. The van der Waals surface area contributed by atoms with Crippen LogP contribution in [0.1, 0.15) is 12.8 Å². The number of nitriles is 1. The van der Waals surface area contributed by atoms with Crippen LogP contribution in [-0.2, 0) is 0 Å². The normalized spacial score (nSPS) is 25.0. The molecule has 1 aliphatic rings. The summed E-state index contributed by atoms with van der Waals surface area (Å²) in [6, 6.07) is 2.22. The molecule has 1 saturated heterocycles. The number of nitrogens with zero attached hydrogens (tertiary/aromatic N) is 1. The minimum absolute atomic E-state index is 0.0295. The molecule has 1 aliphatic heterocycles. The summed E-state index contributed by atoms with van der Waals surface area (Å²) in [4.78, 5) is 0. The first-order chi connectivity index (χ1) is 6.29. The molecular formula is C10H14N2S. The van der Waals surface area contributed by atoms with Gasteiger partial charge in [0.1, 0.15) is 6.04 Å². The van der Waals surface area contributed by atoms with Gasteiger partial charge in [-0.15, -0.1) is 24.9 Å². The molecule has 1 fully saturated rings. The van der Waals surface area contributed by atoms with E-state index in [1.54, 1.807) is 11.8 Å². The lowest BCUT2D eigenvalue weighted by Crippen LogP contribution is -2.39. The Morgan fingerprint density at radius 3 is 2.62 bits per heavy atom. The Morgan fingerprint density at radius 1 is 1.54 bits per heavy atom. The SMILES string of the molecule is C=CCC1(CC=C)SCNC1C#N. The van der Waals surface area contributed by atoms with E-state index in [9.17, 15) is 0 Å². The zero-order valence-corrected chi connectivity index (χ0v) is 8.44. The Morgan fingerprint density at radius 2 is 2.15 bits per heavy atom. The first-order valence-electron chi connectivity index (χ1n) is 4.28. The van der Waals surface area contributed by atoms with Gasteiger partial charge in [-0.3, -0.25) is 5.32 Å². The smallest absolute Gasteiger partial charge is 0.111 e. The van der Waals surface area contributed by atoms with Crippen molar-refractivity contribution in [3.8, 4) is 6.07 Å². The van der Waals surface area contributed by atoms with Crippen LogP contribution in [0.2, 0.25) is 0 Å². The third kappa shape index (κ3) is 1.96. The molecule has 1 N–H and O–H groups in total. The van der Waals surface area contributed by atoms with E-state index >= 15 is 0 Å². The van der Waals surface area contributed by atoms with Gasteiger partial charge in [0.25, 0.3) is 0 Å². The van der Waals surface area contributed by atoms with Gasteiger partial charge in [0.15, 0.2) is 0 Å². The van der Waals surface area contributed by atoms with Gasteiger partial charge in [0, 0.05) is 5.88 Å². The molecule has 0 radical (unpaired) electrons. The van der Waals surface area contributed by atoms with Crippen molar-refractivity contribution in [3.63, 3.8) is 0 Å². The molecule has 13 heavy (non-hydrogen) atoms. The van der Waals surface area contributed by atoms with Crippen molar-refractivity contribution in [2.45, 2.75) is 23.6 Å². The molecule has 0 aromatic heterocycles. The van der Waals surface area contributed by atoms with E-state index in [2.05, 4.69) is 24.5 Å². The van der Waals surface area contributed by atoms with E-state index in [0.717, 1.165) is 18.7 Å². The minimum Gasteiger partial charge on any atom is -0.292 e. The predicted octanol–water partition coefficient (Wildman–Crippen LogP) is 2.06. The number of nitrogens with one attached hydrogen (secondary N) is 1. The number of thioether (sulfide) groups is 1. The number of rotatable bonds is 4. The van der Waals surface area contributed by atoms with E-state index in [1.165, 1.54) is 0 Å². The van der Waals surface area contributed by atoms with Crippen molar-refractivity contribution in [1.29, 1.82) is 5.26 Å². The van der Waals surface area contributed by atoms with Gasteiger partial charge in [-0.25, -0.2) is 0 Å². The summed E-state index contributed by atoms with van der Waals surface area (Å²) in [5.74, 6) is 0.847. The zero-order valence-electron chi connectivity index (χ0n) is 7.62. The van der Waals surface area contributed by atoms with E-state index in [4.69, 9.17) is 5.26 Å². The summed E-state index contributed by atoms with van der Waals surface area (Å²) < 4.78 is -0.0295. The first kappa shape index (κ1) is 10.4. The van der Waals surface area contributed by atoms with Gasteiger partial charge in [-0.1, -0.05) is 12.2 Å². The molecule has 0 spiro atoms. The average molecular weight is 194 g/mol.